The summed E-state index contributed by atoms with van der Waals surface area (Å²) in [5.74, 6) is -2.77. The van der Waals surface area contributed by atoms with Crippen LogP contribution in [0.15, 0.2) is 54.3 Å². The Morgan fingerprint density at radius 1 is 0.607 bits per heavy atom. The Hall–Kier alpha value is -2.56. The first kappa shape index (κ1) is 46.1. The molecular weight excluding hydrogens is 1020 g/mol. The lowest BCUT2D eigenvalue weighted by atomic mass is 10.1. The van der Waals surface area contributed by atoms with Crippen molar-refractivity contribution in [3.8, 4) is 0 Å². The summed E-state index contributed by atoms with van der Waals surface area (Å²) in [5, 5.41) is 14.4. The molecule has 0 saturated carbocycles. The number of fused-ring (bicyclic) bond motifs is 1. The first-order chi connectivity index (χ1) is 26.9. The molecule has 1 heterocycles. The molecule has 0 aliphatic heterocycles. The Balaban J connectivity index is 1.52. The number of hydrogen-bond acceptors (Lipinski definition) is 8. The van der Waals surface area contributed by atoms with Gasteiger partial charge in [0.1, 0.15) is 11.0 Å². The number of carbonyl (C=O) groups excluding carboxylic acids is 4. The number of halogens is 6. The lowest BCUT2D eigenvalue weighted by molar-refractivity contribution is -0.129. The van der Waals surface area contributed by atoms with Crippen molar-refractivity contribution in [3.05, 3.63) is 75.5 Å². The number of benzene rings is 3. The number of ether oxygens (including phenoxy) is 2. The fourth-order valence-electron chi connectivity index (χ4n) is 5.61. The van der Waals surface area contributed by atoms with Gasteiger partial charge < -0.3 is 20.1 Å². The van der Waals surface area contributed by atoms with Crippen LogP contribution in [0.5, 0.6) is 0 Å². The molecule has 0 aliphatic carbocycles. The van der Waals surface area contributed by atoms with Crippen LogP contribution < -0.4 is 10.6 Å². The van der Waals surface area contributed by atoms with Crippen molar-refractivity contribution in [2.45, 2.75) is 96.9 Å². The Kier molecular flexibility index (Phi) is 19.1. The van der Waals surface area contributed by atoms with Gasteiger partial charge in [0, 0.05) is 8.95 Å². The van der Waals surface area contributed by atoms with Gasteiger partial charge in [-0.2, -0.15) is 15.0 Å². The highest BCUT2D eigenvalue weighted by Gasteiger charge is 2.33. The molecule has 1 aromatic heterocycles. The summed E-state index contributed by atoms with van der Waals surface area (Å²) in [6.45, 7) is 4.90. The third-order valence-electron chi connectivity index (χ3n) is 8.74. The van der Waals surface area contributed by atoms with Gasteiger partial charge in [0.2, 0.25) is 6.04 Å². The second-order valence-corrected chi connectivity index (χ2v) is 17.0. The number of nitrogens with zero attached hydrogens (tertiary/aromatic N) is 3. The van der Waals surface area contributed by atoms with E-state index in [9.17, 15) is 19.2 Å². The van der Waals surface area contributed by atoms with Crippen LogP contribution in [0.3, 0.4) is 0 Å². The summed E-state index contributed by atoms with van der Waals surface area (Å²) >= 11 is 27.1. The maximum absolute atomic E-state index is 14.0. The SMILES string of the molecule is CCCCCCCCOC(=O)c1ccc(NC(=O)C(C(=O)Nc2ccc(C(=O)OCCCCCCCC)cc2Cl)n2nc3c(Br)c(Br)c(Br)c(Br)c3n2)c(Cl)c1. The lowest BCUT2D eigenvalue weighted by Crippen LogP contribution is -2.37. The van der Waals surface area contributed by atoms with E-state index < -0.39 is 29.8 Å². The highest BCUT2D eigenvalue weighted by molar-refractivity contribution is 9.15. The Morgan fingerprint density at radius 3 is 1.36 bits per heavy atom. The first-order valence-corrected chi connectivity index (χ1v) is 22.4. The van der Waals surface area contributed by atoms with Gasteiger partial charge in [-0.3, -0.25) is 9.59 Å². The highest BCUT2D eigenvalue weighted by atomic mass is 79.9. The molecule has 0 atom stereocenters. The first-order valence-electron chi connectivity index (χ1n) is 18.5. The molecule has 0 spiro atoms. The Bertz CT molecular complexity index is 1890. The molecule has 11 nitrogen and oxygen atoms in total. The van der Waals surface area contributed by atoms with Crippen molar-refractivity contribution in [1.82, 2.24) is 15.0 Å². The summed E-state index contributed by atoms with van der Waals surface area (Å²) in [6.07, 6.45) is 12.7. The molecule has 4 rings (SSSR count). The van der Waals surface area contributed by atoms with Gasteiger partial charge in [-0.1, -0.05) is 101 Å². The fraction of sp³-hybridized carbons (Fsp3) is 0.436. The van der Waals surface area contributed by atoms with Crippen molar-refractivity contribution in [2.24, 2.45) is 0 Å². The van der Waals surface area contributed by atoms with Crippen LogP contribution in [0.1, 0.15) is 118 Å². The number of unbranched alkanes of at least 4 members (excludes halogenated alkanes) is 10. The number of esters is 2. The number of anilines is 2. The van der Waals surface area contributed by atoms with Crippen molar-refractivity contribution in [1.29, 1.82) is 0 Å². The molecule has 0 aliphatic rings. The number of hydrogen-bond donors (Lipinski definition) is 2. The molecule has 0 saturated heterocycles. The number of aromatic nitrogens is 3. The molecule has 0 bridgehead atoms. The van der Waals surface area contributed by atoms with Gasteiger partial charge in [0.25, 0.3) is 11.8 Å². The van der Waals surface area contributed by atoms with E-state index >= 15 is 0 Å². The van der Waals surface area contributed by atoms with Gasteiger partial charge in [-0.05, 0) is 113 Å². The number of carbonyl (C=O) groups is 4. The van der Waals surface area contributed by atoms with Crippen molar-refractivity contribution in [3.63, 3.8) is 0 Å². The highest BCUT2D eigenvalue weighted by Crippen LogP contribution is 2.42. The van der Waals surface area contributed by atoms with Gasteiger partial charge in [0.05, 0.1) is 54.7 Å². The van der Waals surface area contributed by atoms with E-state index in [1.54, 1.807) is 0 Å². The van der Waals surface area contributed by atoms with E-state index in [0.717, 1.165) is 69.0 Å². The topological polar surface area (TPSA) is 142 Å². The van der Waals surface area contributed by atoms with Crippen molar-refractivity contribution in [2.75, 3.05) is 23.8 Å². The quantitative estimate of drug-likeness (QED) is 0.0276. The molecule has 56 heavy (non-hydrogen) atoms. The van der Waals surface area contributed by atoms with E-state index in [1.165, 1.54) is 49.2 Å². The molecule has 17 heteroatoms. The van der Waals surface area contributed by atoms with Gasteiger partial charge >= 0.3 is 11.9 Å². The third-order valence-corrected chi connectivity index (χ3v) is 14.1. The average Bonchev–Trinajstić information content (AvgIpc) is 3.62. The van der Waals surface area contributed by atoms with Crippen LogP contribution in [0, 0.1) is 0 Å². The standard InChI is InChI=1S/C39H43Br4Cl2N5O6/c1-3-5-7-9-11-13-19-55-38(53)23-15-17-27(25(44)21-23)46-36(51)35(50-48-33-31(42)29(40)30(41)32(43)34(33)49-50)37(52)47-28-18-16-24(22-26(28)45)39(54)56-20-14-12-10-8-6-4-2/h15-18,21-22,35H,3-14,19-20H2,1-2H3,(H,46,51)(H,47,52). The normalized spacial score (nSPS) is 11.2. The summed E-state index contributed by atoms with van der Waals surface area (Å²) in [7, 11) is 0. The molecular formula is C39H43Br4Cl2N5O6. The zero-order chi connectivity index (χ0) is 40.8. The van der Waals surface area contributed by atoms with E-state index in [2.05, 4.69) is 98.4 Å². The number of nitrogens with one attached hydrogen (secondary N) is 2. The molecule has 3 aromatic carbocycles. The van der Waals surface area contributed by atoms with Gasteiger partial charge in [-0.15, -0.1) is 0 Å². The van der Waals surface area contributed by atoms with Crippen LogP contribution in [-0.4, -0.2) is 52.0 Å². The molecule has 2 amide bonds. The van der Waals surface area contributed by atoms with E-state index in [-0.39, 0.29) is 32.5 Å². The van der Waals surface area contributed by atoms with Gasteiger partial charge in [0.15, 0.2) is 0 Å². The zero-order valence-corrected chi connectivity index (χ0v) is 38.9. The molecule has 0 fully saturated rings. The maximum Gasteiger partial charge on any atom is 0.338 e. The summed E-state index contributed by atoms with van der Waals surface area (Å²) < 4.78 is 13.1. The molecule has 0 unspecified atom stereocenters. The van der Waals surface area contributed by atoms with Crippen LogP contribution in [-0.2, 0) is 19.1 Å². The summed E-state index contributed by atoms with van der Waals surface area (Å²) in [6, 6.07) is 6.93. The van der Waals surface area contributed by atoms with Crippen LogP contribution >= 0.6 is 86.9 Å². The fourth-order valence-corrected chi connectivity index (χ4v) is 8.30. The Labute approximate surface area is 370 Å². The monoisotopic (exact) mass is 1060 g/mol. The van der Waals surface area contributed by atoms with Gasteiger partial charge in [-0.25, -0.2) is 9.59 Å². The molecule has 0 radical (unpaired) electrons. The second-order valence-electron chi connectivity index (χ2n) is 13.1. The van der Waals surface area contributed by atoms with Crippen molar-refractivity contribution >= 4 is 133 Å². The van der Waals surface area contributed by atoms with E-state index in [1.807, 2.05) is 0 Å². The van der Waals surface area contributed by atoms with Crippen molar-refractivity contribution < 1.29 is 28.7 Å². The van der Waals surface area contributed by atoms with E-state index in [4.69, 9.17) is 32.7 Å². The predicted molar refractivity (Wildman–Crippen MR) is 235 cm³/mol. The molecule has 4 aromatic rings. The van der Waals surface area contributed by atoms with Crippen LogP contribution in [0.2, 0.25) is 10.0 Å². The largest absolute Gasteiger partial charge is 0.462 e. The minimum Gasteiger partial charge on any atom is -0.462 e. The maximum atomic E-state index is 14.0. The van der Waals surface area contributed by atoms with Crippen LogP contribution in [0.4, 0.5) is 11.4 Å². The summed E-state index contributed by atoms with van der Waals surface area (Å²) in [5.41, 5.74) is 1.39. The molecule has 302 valence electrons. The Morgan fingerprint density at radius 2 is 0.982 bits per heavy atom. The zero-order valence-electron chi connectivity index (χ0n) is 31.0. The third kappa shape index (κ3) is 12.7. The average molecular weight is 1070 g/mol. The number of rotatable bonds is 21. The predicted octanol–water partition coefficient (Wildman–Crippen LogP) is 12.6. The lowest BCUT2D eigenvalue weighted by Gasteiger charge is -2.17. The van der Waals surface area contributed by atoms with E-state index in [0.29, 0.717) is 42.1 Å². The smallest absolute Gasteiger partial charge is 0.338 e. The number of amides is 2. The second kappa shape index (κ2) is 23.1. The minimum atomic E-state index is -1.70. The minimum absolute atomic E-state index is 0.0467. The molecule has 2 N–H and O–H groups in total. The van der Waals surface area contributed by atoms with Crippen LogP contribution in [0.25, 0.3) is 11.0 Å². The summed E-state index contributed by atoms with van der Waals surface area (Å²) in [4.78, 5) is 54.5.